The van der Waals surface area contributed by atoms with E-state index in [4.69, 9.17) is 4.79 Å². The van der Waals surface area contributed by atoms with Crippen LogP contribution in [0, 0.1) is 0 Å². The van der Waals surface area contributed by atoms with Crippen LogP contribution in [0.4, 0.5) is 0 Å². The Balaban J connectivity index is 0.000000400. The molecule has 0 N–H and O–H groups in total. The number of carbonyl (C=O) groups excluding carboxylic acids is 3. The van der Waals surface area contributed by atoms with Crippen LogP contribution < -0.4 is 0 Å². The maximum absolute atomic E-state index is 11.0. The van der Waals surface area contributed by atoms with E-state index in [2.05, 4.69) is 22.6 Å². The van der Waals surface area contributed by atoms with E-state index in [9.17, 15) is 9.59 Å². The predicted molar refractivity (Wildman–Crippen MR) is 91.2 cm³/mol. The lowest BCUT2D eigenvalue weighted by Crippen LogP contribution is -1.98. The molecule has 0 radical (unpaired) electrons. The fraction of sp³-hybridized carbons (Fsp3) is 0. The molecular weight excluding hydrogens is 308 g/mol. The zero-order chi connectivity index (χ0) is 18.2. The molecule has 0 saturated carbocycles. The topological polar surface area (TPSA) is 69.7 Å². The second kappa shape index (κ2) is 13.2. The Hall–Kier alpha value is -3.47. The largest absolute Gasteiger partial charge is 0.432 e. The average molecular weight is 326 g/mol. The second-order valence-electron chi connectivity index (χ2n) is 3.88. The van der Waals surface area contributed by atoms with Gasteiger partial charge in [0.05, 0.1) is 23.7 Å². The quantitative estimate of drug-likeness (QED) is 0.631. The Labute approximate surface area is 140 Å². The number of carbonyl (C=O) groups is 3. The lowest BCUT2D eigenvalue weighted by Gasteiger charge is -1.96. The molecule has 2 aromatic carbocycles. The van der Waals surface area contributed by atoms with Gasteiger partial charge in [-0.3, -0.25) is 0 Å². The normalized spacial score (nSPS) is 8.17. The molecule has 5 heteroatoms. The molecule has 0 spiro atoms. The fourth-order valence-electron chi connectivity index (χ4n) is 1.44. The van der Waals surface area contributed by atoms with Crippen molar-refractivity contribution >= 4 is 18.7 Å². The monoisotopic (exact) mass is 326 g/mol. The van der Waals surface area contributed by atoms with Crippen LogP contribution in [0.25, 0.3) is 0 Å². The van der Waals surface area contributed by atoms with Crippen molar-refractivity contribution in [3.63, 3.8) is 0 Å². The van der Waals surface area contributed by atoms with Gasteiger partial charge in [-0.1, -0.05) is 49.6 Å². The number of hydrogen-bond donors (Lipinski definition) is 0. The van der Waals surface area contributed by atoms with Crippen LogP contribution in [0.15, 0.2) is 86.3 Å². The van der Waals surface area contributed by atoms with E-state index in [1.807, 2.05) is 18.9 Å². The highest BCUT2D eigenvalue weighted by atomic mass is 16.5. The molecular formula is C19H18O5. The molecule has 2 rings (SSSR count). The van der Waals surface area contributed by atoms with Crippen LogP contribution in [0.3, 0.4) is 0 Å². The summed E-state index contributed by atoms with van der Waals surface area (Å²) in [6.45, 7) is 8.57. The summed E-state index contributed by atoms with van der Waals surface area (Å²) in [7, 11) is 0. The van der Waals surface area contributed by atoms with E-state index in [1.54, 1.807) is 48.5 Å². The standard InChI is InChI=1S/2C9H8O2.CH2O/c2*1-2-11-9(10)8-6-4-3-5-7-8;1-2/h2*2-7H,1H2;1H2. The highest BCUT2D eigenvalue weighted by Crippen LogP contribution is 2.01. The van der Waals surface area contributed by atoms with Crippen molar-refractivity contribution < 1.29 is 23.9 Å². The van der Waals surface area contributed by atoms with Crippen molar-refractivity contribution in [3.05, 3.63) is 97.5 Å². The van der Waals surface area contributed by atoms with E-state index < -0.39 is 0 Å². The van der Waals surface area contributed by atoms with Crippen molar-refractivity contribution in [1.29, 1.82) is 0 Å². The van der Waals surface area contributed by atoms with Crippen LogP contribution in [0.2, 0.25) is 0 Å². The highest BCUT2D eigenvalue weighted by molar-refractivity contribution is 5.90. The van der Waals surface area contributed by atoms with Gasteiger partial charge in [0.2, 0.25) is 0 Å². The molecule has 0 aliphatic heterocycles. The van der Waals surface area contributed by atoms with Gasteiger partial charge in [-0.25, -0.2) is 9.59 Å². The van der Waals surface area contributed by atoms with Crippen molar-refractivity contribution in [2.24, 2.45) is 0 Å². The molecule has 2 aromatic rings. The molecule has 24 heavy (non-hydrogen) atoms. The number of benzene rings is 2. The van der Waals surface area contributed by atoms with Gasteiger partial charge in [0.1, 0.15) is 6.79 Å². The zero-order valence-electron chi connectivity index (χ0n) is 13.1. The summed E-state index contributed by atoms with van der Waals surface area (Å²) in [5.74, 6) is -0.749. The zero-order valence-corrected chi connectivity index (χ0v) is 13.1. The smallest absolute Gasteiger partial charge is 0.342 e. The molecule has 0 unspecified atom stereocenters. The van der Waals surface area contributed by atoms with Gasteiger partial charge in [0.25, 0.3) is 0 Å². The summed E-state index contributed by atoms with van der Waals surface area (Å²) in [5.41, 5.74) is 1.07. The van der Waals surface area contributed by atoms with E-state index >= 15 is 0 Å². The van der Waals surface area contributed by atoms with E-state index in [-0.39, 0.29) is 11.9 Å². The van der Waals surface area contributed by atoms with Gasteiger partial charge < -0.3 is 14.3 Å². The Morgan fingerprint density at radius 1 is 0.667 bits per heavy atom. The molecule has 0 aliphatic rings. The summed E-state index contributed by atoms with van der Waals surface area (Å²) >= 11 is 0. The van der Waals surface area contributed by atoms with Gasteiger partial charge in [-0.15, -0.1) is 0 Å². The molecule has 0 aliphatic carbocycles. The maximum atomic E-state index is 11.0. The predicted octanol–water partition coefficient (Wildman–Crippen LogP) is 3.79. The second-order valence-corrected chi connectivity index (χ2v) is 3.88. The molecule has 5 nitrogen and oxygen atoms in total. The van der Waals surface area contributed by atoms with E-state index in [0.29, 0.717) is 11.1 Å². The molecule has 0 heterocycles. The minimum Gasteiger partial charge on any atom is -0.432 e. The lowest BCUT2D eigenvalue weighted by molar-refractivity contribution is -0.0980. The average Bonchev–Trinajstić information content (AvgIpc) is 2.66. The van der Waals surface area contributed by atoms with Crippen LogP contribution in [0.1, 0.15) is 20.7 Å². The third-order valence-corrected chi connectivity index (χ3v) is 2.40. The van der Waals surface area contributed by atoms with Gasteiger partial charge in [0.15, 0.2) is 0 Å². The van der Waals surface area contributed by atoms with Gasteiger partial charge in [-0.05, 0) is 24.3 Å². The first kappa shape index (κ1) is 20.5. The molecule has 0 saturated heterocycles. The van der Waals surface area contributed by atoms with Crippen molar-refractivity contribution in [3.8, 4) is 0 Å². The minimum absolute atomic E-state index is 0.374. The van der Waals surface area contributed by atoms with Crippen LogP contribution in [-0.2, 0) is 14.3 Å². The van der Waals surface area contributed by atoms with Crippen molar-refractivity contribution in [1.82, 2.24) is 0 Å². The summed E-state index contributed by atoms with van der Waals surface area (Å²) in [6, 6.07) is 17.5. The summed E-state index contributed by atoms with van der Waals surface area (Å²) in [4.78, 5) is 29.9. The molecule has 0 atom stereocenters. The SMILES string of the molecule is C=COC(=O)c1ccccc1.C=COC(=O)c1ccccc1.C=O. The first-order valence-corrected chi connectivity index (χ1v) is 6.71. The first-order chi connectivity index (χ1) is 11.7. The van der Waals surface area contributed by atoms with Gasteiger partial charge in [0, 0.05) is 0 Å². The summed E-state index contributed by atoms with van der Waals surface area (Å²) < 4.78 is 9.11. The number of esters is 2. The molecule has 0 fully saturated rings. The fourth-order valence-corrected chi connectivity index (χ4v) is 1.44. The molecule has 124 valence electrons. The molecule has 0 amide bonds. The van der Waals surface area contributed by atoms with E-state index in [0.717, 1.165) is 12.5 Å². The summed E-state index contributed by atoms with van der Waals surface area (Å²) in [6.07, 6.45) is 2.24. The van der Waals surface area contributed by atoms with Crippen molar-refractivity contribution in [2.75, 3.05) is 0 Å². The van der Waals surface area contributed by atoms with Crippen molar-refractivity contribution in [2.45, 2.75) is 0 Å². The number of rotatable bonds is 4. The van der Waals surface area contributed by atoms with Gasteiger partial charge in [-0.2, -0.15) is 0 Å². The first-order valence-electron chi connectivity index (χ1n) is 6.71. The number of ether oxygens (including phenoxy) is 2. The van der Waals surface area contributed by atoms with Crippen LogP contribution in [-0.4, -0.2) is 18.7 Å². The van der Waals surface area contributed by atoms with Crippen LogP contribution in [0.5, 0.6) is 0 Å². The van der Waals surface area contributed by atoms with Gasteiger partial charge >= 0.3 is 11.9 Å². The third-order valence-electron chi connectivity index (χ3n) is 2.40. The molecule has 0 aromatic heterocycles. The Morgan fingerprint density at radius 2 is 0.958 bits per heavy atom. The maximum Gasteiger partial charge on any atom is 0.342 e. The van der Waals surface area contributed by atoms with E-state index in [1.165, 1.54) is 0 Å². The number of hydrogen-bond acceptors (Lipinski definition) is 5. The Morgan fingerprint density at radius 3 is 1.21 bits per heavy atom. The van der Waals surface area contributed by atoms with Crippen LogP contribution >= 0.6 is 0 Å². The Kier molecular flexibility index (Phi) is 11.3. The summed E-state index contributed by atoms with van der Waals surface area (Å²) in [5, 5.41) is 0. The third kappa shape index (κ3) is 8.09. The highest BCUT2D eigenvalue weighted by Gasteiger charge is 2.02. The lowest BCUT2D eigenvalue weighted by atomic mass is 10.2. The molecule has 0 bridgehead atoms. The minimum atomic E-state index is -0.374. The Bertz CT molecular complexity index is 578.